The summed E-state index contributed by atoms with van der Waals surface area (Å²) < 4.78 is 6.23. The number of rotatable bonds is 6. The van der Waals surface area contributed by atoms with Crippen LogP contribution < -0.4 is 0 Å². The van der Waals surface area contributed by atoms with E-state index in [1.165, 1.54) is 5.56 Å². The van der Waals surface area contributed by atoms with Gasteiger partial charge in [-0.15, -0.1) is 24.5 Å². The van der Waals surface area contributed by atoms with Crippen LogP contribution in [-0.4, -0.2) is 4.98 Å². The minimum Gasteiger partial charge on any atom is -0.437 e. The van der Waals surface area contributed by atoms with Gasteiger partial charge in [0.15, 0.2) is 0 Å². The normalized spacial score (nSPS) is 10.9. The highest BCUT2D eigenvalue weighted by Crippen LogP contribution is 2.37. The highest BCUT2D eigenvalue weighted by molar-refractivity contribution is 7.13. The van der Waals surface area contributed by atoms with Crippen LogP contribution in [-0.2, 0) is 12.8 Å². The first-order chi connectivity index (χ1) is 12.8. The van der Waals surface area contributed by atoms with Crippen molar-refractivity contribution in [2.75, 3.05) is 0 Å². The van der Waals surface area contributed by atoms with Gasteiger partial charge in [-0.25, -0.2) is 4.98 Å². The number of thiophene rings is 1. The molecule has 2 nitrogen and oxygen atoms in total. The summed E-state index contributed by atoms with van der Waals surface area (Å²) in [6.07, 6.45) is 5.35. The molecule has 0 unspecified atom stereocenters. The predicted octanol–water partition coefficient (Wildman–Crippen LogP) is 6.68. The van der Waals surface area contributed by atoms with Gasteiger partial charge < -0.3 is 4.42 Å². The van der Waals surface area contributed by atoms with Gasteiger partial charge in [-0.2, -0.15) is 0 Å². The molecule has 0 spiro atoms. The van der Waals surface area contributed by atoms with Crippen molar-refractivity contribution in [1.29, 1.82) is 0 Å². The molecule has 0 amide bonds. The lowest BCUT2D eigenvalue weighted by molar-refractivity contribution is 0.615. The second-order valence-corrected chi connectivity index (χ2v) is 7.04. The van der Waals surface area contributed by atoms with Gasteiger partial charge >= 0.3 is 0 Å². The van der Waals surface area contributed by atoms with E-state index in [0.29, 0.717) is 5.71 Å². The van der Waals surface area contributed by atoms with Crippen molar-refractivity contribution >= 4 is 22.4 Å². The Morgan fingerprint density at radius 2 is 1.81 bits per heavy atom. The van der Waals surface area contributed by atoms with Crippen LogP contribution >= 0.6 is 11.3 Å². The van der Waals surface area contributed by atoms with Gasteiger partial charge in [-0.3, -0.25) is 0 Å². The maximum Gasteiger partial charge on any atom is 0.227 e. The Kier molecular flexibility index (Phi) is 4.55. The number of benzene rings is 1. The molecule has 4 rings (SSSR count). The largest absolute Gasteiger partial charge is 0.437 e. The standard InChI is InChI=1S/C23H19NOS/c1-3-9-17-15-19-18(10-4-2)22(16-11-6-5-7-12-16)25-23(19)24-21(17)20-13-8-14-26-20/h3-8,11-15H,1-2,9-10H2. The summed E-state index contributed by atoms with van der Waals surface area (Å²) in [6.45, 7) is 7.82. The summed E-state index contributed by atoms with van der Waals surface area (Å²) in [5.74, 6) is 0.876. The van der Waals surface area contributed by atoms with E-state index >= 15 is 0 Å². The number of furan rings is 1. The van der Waals surface area contributed by atoms with E-state index in [9.17, 15) is 0 Å². The molecule has 0 aliphatic heterocycles. The van der Waals surface area contributed by atoms with Crippen LogP contribution in [0.15, 0.2) is 83.6 Å². The van der Waals surface area contributed by atoms with Crippen molar-refractivity contribution in [2.45, 2.75) is 12.8 Å². The van der Waals surface area contributed by atoms with Crippen molar-refractivity contribution in [3.63, 3.8) is 0 Å². The fraction of sp³-hybridized carbons (Fsp3) is 0.0870. The van der Waals surface area contributed by atoms with E-state index in [2.05, 4.69) is 42.8 Å². The third-order valence-electron chi connectivity index (χ3n) is 4.37. The van der Waals surface area contributed by atoms with Crippen molar-refractivity contribution < 1.29 is 4.42 Å². The minimum atomic E-state index is 0.678. The van der Waals surface area contributed by atoms with E-state index in [4.69, 9.17) is 9.40 Å². The lowest BCUT2D eigenvalue weighted by Gasteiger charge is -2.05. The molecule has 0 atom stereocenters. The van der Waals surface area contributed by atoms with Crippen molar-refractivity contribution in [3.05, 3.63) is 90.3 Å². The summed E-state index contributed by atoms with van der Waals surface area (Å²) in [4.78, 5) is 6.03. The summed E-state index contributed by atoms with van der Waals surface area (Å²) in [7, 11) is 0. The van der Waals surface area contributed by atoms with Gasteiger partial charge in [0.25, 0.3) is 0 Å². The lowest BCUT2D eigenvalue weighted by atomic mass is 10.0. The van der Waals surface area contributed by atoms with Crippen LogP contribution in [0.2, 0.25) is 0 Å². The Bertz CT molecular complexity index is 1060. The number of pyridine rings is 1. The van der Waals surface area contributed by atoms with Crippen LogP contribution in [0.1, 0.15) is 11.1 Å². The Morgan fingerprint density at radius 1 is 1.00 bits per heavy atom. The zero-order valence-corrected chi connectivity index (χ0v) is 15.3. The fourth-order valence-corrected chi connectivity index (χ4v) is 3.97. The molecule has 0 N–H and O–H groups in total. The molecule has 1 aromatic carbocycles. The Morgan fingerprint density at radius 3 is 2.50 bits per heavy atom. The van der Waals surface area contributed by atoms with Crippen LogP contribution in [0.25, 0.3) is 33.0 Å². The van der Waals surface area contributed by atoms with Crippen LogP contribution in [0.3, 0.4) is 0 Å². The monoisotopic (exact) mass is 357 g/mol. The van der Waals surface area contributed by atoms with Gasteiger partial charge in [-0.1, -0.05) is 48.6 Å². The molecule has 0 aliphatic rings. The van der Waals surface area contributed by atoms with E-state index in [1.807, 2.05) is 36.4 Å². The fourth-order valence-electron chi connectivity index (χ4n) is 3.22. The molecule has 3 aromatic heterocycles. The van der Waals surface area contributed by atoms with E-state index in [-0.39, 0.29) is 0 Å². The van der Waals surface area contributed by atoms with Crippen LogP contribution in [0.5, 0.6) is 0 Å². The van der Waals surface area contributed by atoms with Gasteiger partial charge in [0.2, 0.25) is 5.71 Å². The van der Waals surface area contributed by atoms with Crippen molar-refractivity contribution in [3.8, 4) is 21.9 Å². The third-order valence-corrected chi connectivity index (χ3v) is 5.24. The Balaban J connectivity index is 1.99. The number of fused-ring (bicyclic) bond motifs is 1. The second kappa shape index (κ2) is 7.14. The maximum atomic E-state index is 6.23. The molecule has 0 aliphatic carbocycles. The molecule has 0 bridgehead atoms. The first kappa shape index (κ1) is 16.6. The highest BCUT2D eigenvalue weighted by Gasteiger charge is 2.19. The molecular formula is C23H19NOS. The Labute approximate surface area is 157 Å². The molecule has 0 saturated carbocycles. The first-order valence-corrected chi connectivity index (χ1v) is 9.46. The molecule has 26 heavy (non-hydrogen) atoms. The van der Waals surface area contributed by atoms with Crippen molar-refractivity contribution in [1.82, 2.24) is 4.98 Å². The number of hydrogen-bond acceptors (Lipinski definition) is 3. The smallest absolute Gasteiger partial charge is 0.227 e. The van der Waals surface area contributed by atoms with E-state index in [1.54, 1.807) is 11.3 Å². The molecule has 128 valence electrons. The van der Waals surface area contributed by atoms with E-state index in [0.717, 1.165) is 45.7 Å². The quantitative estimate of drug-likeness (QED) is 0.360. The first-order valence-electron chi connectivity index (χ1n) is 8.58. The molecule has 4 aromatic rings. The topological polar surface area (TPSA) is 26.0 Å². The average Bonchev–Trinajstić information content (AvgIpc) is 3.31. The summed E-state index contributed by atoms with van der Waals surface area (Å²) >= 11 is 1.69. The van der Waals surface area contributed by atoms with Gasteiger partial charge in [0.1, 0.15) is 5.76 Å². The summed E-state index contributed by atoms with van der Waals surface area (Å²) in [5.41, 5.74) is 5.02. The average molecular weight is 357 g/mol. The summed E-state index contributed by atoms with van der Waals surface area (Å²) in [6, 6.07) is 16.5. The highest BCUT2D eigenvalue weighted by atomic mass is 32.1. The van der Waals surface area contributed by atoms with Crippen LogP contribution in [0.4, 0.5) is 0 Å². The minimum absolute atomic E-state index is 0.678. The van der Waals surface area contributed by atoms with Gasteiger partial charge in [0.05, 0.1) is 10.6 Å². The zero-order valence-electron chi connectivity index (χ0n) is 14.4. The maximum absolute atomic E-state index is 6.23. The molecule has 0 fully saturated rings. The molecular weight excluding hydrogens is 338 g/mol. The molecule has 0 radical (unpaired) electrons. The number of nitrogens with zero attached hydrogens (tertiary/aromatic N) is 1. The third kappa shape index (κ3) is 2.91. The molecule has 3 heteroatoms. The van der Waals surface area contributed by atoms with Gasteiger partial charge in [-0.05, 0) is 35.9 Å². The predicted molar refractivity (Wildman–Crippen MR) is 111 cm³/mol. The lowest BCUT2D eigenvalue weighted by Crippen LogP contribution is -1.92. The molecule has 0 saturated heterocycles. The SMILES string of the molecule is C=CCc1cc2c(CC=C)c(-c3ccccc3)oc2nc1-c1cccs1. The number of allylic oxidation sites excluding steroid dienone is 2. The Hall–Kier alpha value is -2.91. The van der Waals surface area contributed by atoms with Crippen LogP contribution in [0, 0.1) is 0 Å². The van der Waals surface area contributed by atoms with E-state index < -0.39 is 0 Å². The number of hydrogen-bond donors (Lipinski definition) is 0. The number of aromatic nitrogens is 1. The summed E-state index contributed by atoms with van der Waals surface area (Å²) in [5, 5.41) is 3.13. The van der Waals surface area contributed by atoms with Crippen molar-refractivity contribution in [2.24, 2.45) is 0 Å². The molecule has 3 heterocycles. The van der Waals surface area contributed by atoms with Gasteiger partial charge in [0, 0.05) is 16.5 Å². The zero-order chi connectivity index (χ0) is 17.9. The second-order valence-electron chi connectivity index (χ2n) is 6.09.